The van der Waals surface area contributed by atoms with Crippen LogP contribution in [-0.2, 0) is 4.79 Å². The molecule has 0 fully saturated rings. The van der Waals surface area contributed by atoms with Crippen LogP contribution in [0.15, 0.2) is 11.6 Å². The Bertz CT molecular complexity index is 164. The van der Waals surface area contributed by atoms with Crippen molar-refractivity contribution in [2.75, 3.05) is 0 Å². The summed E-state index contributed by atoms with van der Waals surface area (Å²) in [7, 11) is 0. The molecule has 0 radical (unpaired) electrons. The van der Waals surface area contributed by atoms with Crippen LogP contribution in [0.2, 0.25) is 0 Å². The maximum Gasteiger partial charge on any atom is 0.310 e. The van der Waals surface area contributed by atoms with Gasteiger partial charge in [-0.3, -0.25) is 4.79 Å². The van der Waals surface area contributed by atoms with Gasteiger partial charge in [0.05, 0.1) is 5.92 Å². The van der Waals surface area contributed by atoms with Crippen molar-refractivity contribution in [1.82, 2.24) is 0 Å². The Kier molecular flexibility index (Phi) is 3.86. The topological polar surface area (TPSA) is 37.3 Å². The van der Waals surface area contributed by atoms with Crippen molar-refractivity contribution in [3.05, 3.63) is 11.6 Å². The molecule has 1 atom stereocenters. The Morgan fingerprint density at radius 3 is 1.91 bits per heavy atom. The average Bonchev–Trinajstić information content (AvgIpc) is 1.81. The van der Waals surface area contributed by atoms with Gasteiger partial charge in [0.1, 0.15) is 0 Å². The third kappa shape index (κ3) is 3.81. The van der Waals surface area contributed by atoms with Gasteiger partial charge >= 0.3 is 5.97 Å². The zero-order valence-corrected chi connectivity index (χ0v) is 7.59. The van der Waals surface area contributed by atoms with E-state index in [1.165, 1.54) is 0 Å². The fourth-order valence-corrected chi connectivity index (χ4v) is 0.908. The predicted octanol–water partition coefficient (Wildman–Crippen LogP) is 2.31. The molecular formula is C9H16O2. The van der Waals surface area contributed by atoms with Crippen molar-refractivity contribution < 1.29 is 9.90 Å². The third-order valence-electron chi connectivity index (χ3n) is 1.52. The lowest BCUT2D eigenvalue weighted by Gasteiger charge is -2.11. The van der Waals surface area contributed by atoms with E-state index in [4.69, 9.17) is 5.11 Å². The second-order valence-electron chi connectivity index (χ2n) is 3.35. The number of carboxylic acid groups (broad SMARTS) is 1. The highest BCUT2D eigenvalue weighted by atomic mass is 16.4. The first-order valence-electron chi connectivity index (χ1n) is 3.83. The summed E-state index contributed by atoms with van der Waals surface area (Å²) in [5, 5.41) is 8.75. The second-order valence-corrected chi connectivity index (χ2v) is 3.35. The molecule has 0 aliphatic heterocycles. The summed E-state index contributed by atoms with van der Waals surface area (Å²) in [6.45, 7) is 7.66. The lowest BCUT2D eigenvalue weighted by molar-refractivity contribution is -0.141. The first kappa shape index (κ1) is 10.2. The van der Waals surface area contributed by atoms with Crippen molar-refractivity contribution in [3.8, 4) is 0 Å². The maximum atomic E-state index is 10.6. The smallest absolute Gasteiger partial charge is 0.310 e. The lowest BCUT2D eigenvalue weighted by Crippen LogP contribution is -2.17. The van der Waals surface area contributed by atoms with E-state index in [9.17, 15) is 4.79 Å². The van der Waals surface area contributed by atoms with Crippen LogP contribution in [-0.4, -0.2) is 11.1 Å². The van der Waals surface area contributed by atoms with Gasteiger partial charge in [0, 0.05) is 0 Å². The van der Waals surface area contributed by atoms with Crippen LogP contribution in [0.25, 0.3) is 0 Å². The van der Waals surface area contributed by atoms with Crippen LogP contribution < -0.4 is 0 Å². The molecule has 1 N–H and O–H groups in total. The van der Waals surface area contributed by atoms with Gasteiger partial charge in [0.2, 0.25) is 0 Å². The number of carbonyl (C=O) groups is 1. The van der Waals surface area contributed by atoms with E-state index >= 15 is 0 Å². The Labute approximate surface area is 67.9 Å². The molecule has 0 saturated carbocycles. The van der Waals surface area contributed by atoms with Crippen LogP contribution in [0, 0.1) is 11.8 Å². The number of hydrogen-bond donors (Lipinski definition) is 1. The molecule has 0 aromatic heterocycles. The van der Waals surface area contributed by atoms with Gasteiger partial charge < -0.3 is 5.11 Å². The van der Waals surface area contributed by atoms with Gasteiger partial charge in [-0.25, -0.2) is 0 Å². The second kappa shape index (κ2) is 4.16. The zero-order chi connectivity index (χ0) is 9.02. The summed E-state index contributed by atoms with van der Waals surface area (Å²) < 4.78 is 0. The van der Waals surface area contributed by atoms with Crippen molar-refractivity contribution in [1.29, 1.82) is 0 Å². The lowest BCUT2D eigenvalue weighted by atomic mass is 9.94. The van der Waals surface area contributed by atoms with E-state index in [2.05, 4.69) is 0 Å². The molecular weight excluding hydrogens is 140 g/mol. The number of allylic oxidation sites excluding steroid dienone is 1. The van der Waals surface area contributed by atoms with Crippen molar-refractivity contribution in [2.45, 2.75) is 27.7 Å². The molecule has 0 rings (SSSR count). The summed E-state index contributed by atoms with van der Waals surface area (Å²) in [5.74, 6) is -0.899. The van der Waals surface area contributed by atoms with E-state index in [1.54, 1.807) is 6.08 Å². The highest BCUT2D eigenvalue weighted by molar-refractivity contribution is 5.72. The van der Waals surface area contributed by atoms with Crippen molar-refractivity contribution in [3.63, 3.8) is 0 Å². The quantitative estimate of drug-likeness (QED) is 0.636. The summed E-state index contributed by atoms with van der Waals surface area (Å²) in [6, 6.07) is 0. The fourth-order valence-electron chi connectivity index (χ4n) is 0.908. The van der Waals surface area contributed by atoms with E-state index in [0.29, 0.717) is 0 Å². The Morgan fingerprint density at radius 1 is 1.36 bits per heavy atom. The van der Waals surface area contributed by atoms with Crippen LogP contribution in [0.4, 0.5) is 0 Å². The molecule has 0 heterocycles. The molecule has 0 amide bonds. The number of rotatable bonds is 3. The van der Waals surface area contributed by atoms with Crippen LogP contribution in [0.5, 0.6) is 0 Å². The number of carboxylic acids is 1. The van der Waals surface area contributed by atoms with E-state index < -0.39 is 5.97 Å². The molecule has 0 aromatic rings. The zero-order valence-electron chi connectivity index (χ0n) is 7.59. The Morgan fingerprint density at radius 2 is 1.82 bits per heavy atom. The molecule has 2 nitrogen and oxygen atoms in total. The standard InChI is InChI=1S/C9H16O2/c1-6(2)5-8(7(3)4)9(10)11/h5,7-8H,1-4H3,(H,10,11). The molecule has 1 unspecified atom stereocenters. The normalized spacial score (nSPS) is 12.8. The molecule has 2 heteroatoms. The molecule has 0 saturated heterocycles. The minimum absolute atomic E-state index is 0.169. The molecule has 0 aliphatic carbocycles. The van der Waals surface area contributed by atoms with Gasteiger partial charge in [-0.2, -0.15) is 0 Å². The number of aliphatic carboxylic acids is 1. The summed E-state index contributed by atoms with van der Waals surface area (Å²) >= 11 is 0. The average molecular weight is 156 g/mol. The molecule has 11 heavy (non-hydrogen) atoms. The molecule has 0 aliphatic rings. The monoisotopic (exact) mass is 156 g/mol. The molecule has 0 bridgehead atoms. The Balaban J connectivity index is 4.36. The molecule has 0 aromatic carbocycles. The predicted molar refractivity (Wildman–Crippen MR) is 45.4 cm³/mol. The van der Waals surface area contributed by atoms with E-state index in [-0.39, 0.29) is 11.8 Å². The molecule has 64 valence electrons. The maximum absolute atomic E-state index is 10.6. The highest BCUT2D eigenvalue weighted by Gasteiger charge is 2.17. The fraction of sp³-hybridized carbons (Fsp3) is 0.667. The van der Waals surface area contributed by atoms with E-state index in [1.807, 2.05) is 27.7 Å². The van der Waals surface area contributed by atoms with Crippen molar-refractivity contribution in [2.24, 2.45) is 11.8 Å². The van der Waals surface area contributed by atoms with Gasteiger partial charge in [-0.1, -0.05) is 25.5 Å². The summed E-state index contributed by atoms with van der Waals surface area (Å²) in [6.07, 6.45) is 1.80. The third-order valence-corrected chi connectivity index (χ3v) is 1.52. The SMILES string of the molecule is CC(C)=CC(C(=O)O)C(C)C. The van der Waals surface area contributed by atoms with Crippen molar-refractivity contribution >= 4 is 5.97 Å². The highest BCUT2D eigenvalue weighted by Crippen LogP contribution is 2.14. The first-order chi connectivity index (χ1) is 4.95. The number of hydrogen-bond acceptors (Lipinski definition) is 1. The summed E-state index contributed by atoms with van der Waals surface area (Å²) in [4.78, 5) is 10.6. The minimum Gasteiger partial charge on any atom is -0.481 e. The van der Waals surface area contributed by atoms with Gasteiger partial charge in [0.15, 0.2) is 0 Å². The van der Waals surface area contributed by atoms with Gasteiger partial charge in [-0.15, -0.1) is 0 Å². The summed E-state index contributed by atoms with van der Waals surface area (Å²) in [5.41, 5.74) is 1.06. The van der Waals surface area contributed by atoms with Crippen LogP contribution >= 0.6 is 0 Å². The first-order valence-corrected chi connectivity index (χ1v) is 3.83. The van der Waals surface area contributed by atoms with E-state index in [0.717, 1.165) is 5.57 Å². The largest absolute Gasteiger partial charge is 0.481 e. The Hall–Kier alpha value is -0.790. The molecule has 0 spiro atoms. The van der Waals surface area contributed by atoms with Gasteiger partial charge in [0.25, 0.3) is 0 Å². The van der Waals surface area contributed by atoms with Gasteiger partial charge in [-0.05, 0) is 19.8 Å². The minimum atomic E-state index is -0.735. The van der Waals surface area contributed by atoms with Crippen LogP contribution in [0.1, 0.15) is 27.7 Å². The van der Waals surface area contributed by atoms with Crippen LogP contribution in [0.3, 0.4) is 0 Å².